The first kappa shape index (κ1) is 9.84. The van der Waals surface area contributed by atoms with Gasteiger partial charge in [0.05, 0.1) is 0 Å². The number of aromatic nitrogens is 3. The molecule has 1 aromatic carbocycles. The second-order valence-electron chi connectivity index (χ2n) is 3.63. The van der Waals surface area contributed by atoms with Gasteiger partial charge in [-0.05, 0) is 24.3 Å². The topological polar surface area (TPSA) is 39.4 Å². The van der Waals surface area contributed by atoms with Gasteiger partial charge < -0.3 is 4.74 Å². The van der Waals surface area contributed by atoms with Gasteiger partial charge in [-0.2, -0.15) is 0 Å². The van der Waals surface area contributed by atoms with Crippen LogP contribution < -0.4 is 4.74 Å². The van der Waals surface area contributed by atoms with Crippen LogP contribution in [-0.4, -0.2) is 14.6 Å². The zero-order chi connectivity index (χ0) is 11.5. The fraction of sp³-hybridized carbons (Fsp3) is 0.0769. The van der Waals surface area contributed by atoms with Crippen LogP contribution >= 0.6 is 0 Å². The van der Waals surface area contributed by atoms with Gasteiger partial charge in [-0.25, -0.2) is 9.50 Å². The Kier molecular flexibility index (Phi) is 2.46. The number of pyridine rings is 1. The van der Waals surface area contributed by atoms with Crippen LogP contribution in [0.2, 0.25) is 0 Å². The van der Waals surface area contributed by atoms with Crippen molar-refractivity contribution in [1.82, 2.24) is 14.6 Å². The first-order valence-corrected chi connectivity index (χ1v) is 5.40. The van der Waals surface area contributed by atoms with Crippen LogP contribution in [0.3, 0.4) is 0 Å². The number of fused-ring (bicyclic) bond motifs is 1. The largest absolute Gasteiger partial charge is 0.486 e. The molecule has 4 nitrogen and oxygen atoms in total. The van der Waals surface area contributed by atoms with Gasteiger partial charge in [0.1, 0.15) is 12.4 Å². The Morgan fingerprint density at radius 1 is 1.00 bits per heavy atom. The van der Waals surface area contributed by atoms with Crippen molar-refractivity contribution in [3.63, 3.8) is 0 Å². The molecule has 84 valence electrons. The molecule has 4 heteroatoms. The molecule has 3 aromatic rings. The van der Waals surface area contributed by atoms with Gasteiger partial charge in [-0.1, -0.05) is 24.3 Å². The van der Waals surface area contributed by atoms with Gasteiger partial charge in [-0.15, -0.1) is 5.10 Å². The average Bonchev–Trinajstić information content (AvgIpc) is 2.80. The number of ether oxygens (including phenoxy) is 1. The van der Waals surface area contributed by atoms with Gasteiger partial charge >= 0.3 is 0 Å². The van der Waals surface area contributed by atoms with Gasteiger partial charge in [0, 0.05) is 6.20 Å². The minimum atomic E-state index is 0.381. The maximum atomic E-state index is 5.58. The third-order valence-corrected chi connectivity index (χ3v) is 2.40. The van der Waals surface area contributed by atoms with Crippen molar-refractivity contribution in [2.45, 2.75) is 6.61 Å². The molecule has 0 aliphatic carbocycles. The van der Waals surface area contributed by atoms with Crippen molar-refractivity contribution < 1.29 is 4.74 Å². The number of hydrogen-bond acceptors (Lipinski definition) is 3. The molecule has 0 saturated carbocycles. The van der Waals surface area contributed by atoms with Crippen molar-refractivity contribution in [2.75, 3.05) is 0 Å². The third-order valence-electron chi connectivity index (χ3n) is 2.40. The summed E-state index contributed by atoms with van der Waals surface area (Å²) in [6.07, 6.45) is 1.87. The SMILES string of the molecule is c1ccc(OCc2nc3ccccn3n2)cc1. The molecule has 0 bridgehead atoms. The zero-order valence-corrected chi connectivity index (χ0v) is 9.15. The van der Waals surface area contributed by atoms with Crippen LogP contribution in [-0.2, 0) is 6.61 Å². The number of hydrogen-bond donors (Lipinski definition) is 0. The van der Waals surface area contributed by atoms with Crippen molar-refractivity contribution in [2.24, 2.45) is 0 Å². The molecular formula is C13H11N3O. The van der Waals surface area contributed by atoms with Crippen LogP contribution in [0, 0.1) is 0 Å². The van der Waals surface area contributed by atoms with Crippen LogP contribution in [0.25, 0.3) is 5.65 Å². The second kappa shape index (κ2) is 4.25. The molecule has 2 heterocycles. The Morgan fingerprint density at radius 3 is 2.65 bits per heavy atom. The first-order valence-electron chi connectivity index (χ1n) is 5.40. The molecule has 0 saturated heterocycles. The Bertz CT molecular complexity index is 586. The monoisotopic (exact) mass is 225 g/mol. The molecule has 0 aliphatic heterocycles. The van der Waals surface area contributed by atoms with Crippen molar-refractivity contribution in [3.8, 4) is 5.75 Å². The summed E-state index contributed by atoms with van der Waals surface area (Å²) < 4.78 is 7.32. The van der Waals surface area contributed by atoms with E-state index in [1.165, 1.54) is 0 Å². The zero-order valence-electron chi connectivity index (χ0n) is 9.15. The molecule has 3 rings (SSSR count). The number of nitrogens with zero attached hydrogens (tertiary/aromatic N) is 3. The highest BCUT2D eigenvalue weighted by atomic mass is 16.5. The van der Waals surface area contributed by atoms with Gasteiger partial charge in [0.15, 0.2) is 11.5 Å². The molecule has 0 amide bonds. The second-order valence-corrected chi connectivity index (χ2v) is 3.63. The summed E-state index contributed by atoms with van der Waals surface area (Å²) in [6, 6.07) is 15.4. The molecule has 0 radical (unpaired) electrons. The molecule has 2 aromatic heterocycles. The van der Waals surface area contributed by atoms with E-state index in [1.54, 1.807) is 4.52 Å². The lowest BCUT2D eigenvalue weighted by atomic mass is 10.3. The summed E-state index contributed by atoms with van der Waals surface area (Å²) in [5.74, 6) is 1.51. The molecule has 0 aliphatic rings. The molecular weight excluding hydrogens is 214 g/mol. The number of benzene rings is 1. The van der Waals surface area contributed by atoms with Crippen LogP contribution in [0.5, 0.6) is 5.75 Å². The number of para-hydroxylation sites is 1. The summed E-state index contributed by atoms with van der Waals surface area (Å²) >= 11 is 0. The lowest BCUT2D eigenvalue weighted by molar-refractivity contribution is 0.296. The molecule has 17 heavy (non-hydrogen) atoms. The van der Waals surface area contributed by atoms with Crippen LogP contribution in [0.15, 0.2) is 54.7 Å². The van der Waals surface area contributed by atoms with E-state index in [9.17, 15) is 0 Å². The van der Waals surface area contributed by atoms with E-state index in [1.807, 2.05) is 54.7 Å². The third kappa shape index (κ3) is 2.10. The highest BCUT2D eigenvalue weighted by Gasteiger charge is 2.03. The smallest absolute Gasteiger partial charge is 0.189 e. The van der Waals surface area contributed by atoms with Crippen molar-refractivity contribution >= 4 is 5.65 Å². The van der Waals surface area contributed by atoms with Gasteiger partial charge in [0.25, 0.3) is 0 Å². The summed E-state index contributed by atoms with van der Waals surface area (Å²) in [5.41, 5.74) is 0.833. The van der Waals surface area contributed by atoms with E-state index in [4.69, 9.17) is 4.74 Å². The predicted molar refractivity (Wildman–Crippen MR) is 63.8 cm³/mol. The van der Waals surface area contributed by atoms with Gasteiger partial charge in [0.2, 0.25) is 0 Å². The summed E-state index contributed by atoms with van der Waals surface area (Å²) in [5, 5.41) is 4.31. The van der Waals surface area contributed by atoms with E-state index < -0.39 is 0 Å². The molecule has 0 fully saturated rings. The Balaban J connectivity index is 1.77. The van der Waals surface area contributed by atoms with E-state index in [2.05, 4.69) is 10.1 Å². The fourth-order valence-electron chi connectivity index (χ4n) is 1.60. The molecule has 0 N–H and O–H groups in total. The molecule has 0 atom stereocenters. The summed E-state index contributed by atoms with van der Waals surface area (Å²) in [6.45, 7) is 0.381. The maximum Gasteiger partial charge on any atom is 0.189 e. The quantitative estimate of drug-likeness (QED) is 0.686. The van der Waals surface area contributed by atoms with E-state index >= 15 is 0 Å². The summed E-state index contributed by atoms with van der Waals surface area (Å²) in [7, 11) is 0. The average molecular weight is 225 g/mol. The van der Waals surface area contributed by atoms with Crippen molar-refractivity contribution in [3.05, 3.63) is 60.6 Å². The Morgan fingerprint density at radius 2 is 1.82 bits per heavy atom. The van der Waals surface area contributed by atoms with Crippen LogP contribution in [0.1, 0.15) is 5.82 Å². The maximum absolute atomic E-state index is 5.58. The Hall–Kier alpha value is -2.36. The minimum Gasteiger partial charge on any atom is -0.486 e. The molecule has 0 unspecified atom stereocenters. The standard InChI is InChI=1S/C13H11N3O/c1-2-6-11(7-3-1)17-10-12-14-13-8-4-5-9-16(13)15-12/h1-9H,10H2. The van der Waals surface area contributed by atoms with Gasteiger partial charge in [-0.3, -0.25) is 0 Å². The van der Waals surface area contributed by atoms with E-state index in [-0.39, 0.29) is 0 Å². The Labute approximate surface area is 98.5 Å². The molecule has 0 spiro atoms. The van der Waals surface area contributed by atoms with E-state index in [0.717, 1.165) is 11.4 Å². The highest BCUT2D eigenvalue weighted by molar-refractivity contribution is 5.36. The number of rotatable bonds is 3. The van der Waals surface area contributed by atoms with Crippen molar-refractivity contribution in [1.29, 1.82) is 0 Å². The minimum absolute atomic E-state index is 0.381. The van der Waals surface area contributed by atoms with E-state index in [0.29, 0.717) is 12.4 Å². The fourth-order valence-corrected chi connectivity index (χ4v) is 1.60. The summed E-state index contributed by atoms with van der Waals surface area (Å²) in [4.78, 5) is 4.35. The highest BCUT2D eigenvalue weighted by Crippen LogP contribution is 2.10. The normalized spacial score (nSPS) is 10.6. The predicted octanol–water partition coefficient (Wildman–Crippen LogP) is 2.31. The van der Waals surface area contributed by atoms with Crippen LogP contribution in [0.4, 0.5) is 0 Å². The first-order chi connectivity index (χ1) is 8.42. The lowest BCUT2D eigenvalue weighted by Crippen LogP contribution is -1.97. The lowest BCUT2D eigenvalue weighted by Gasteiger charge is -2.01.